The molecule has 0 radical (unpaired) electrons. The summed E-state index contributed by atoms with van der Waals surface area (Å²) < 4.78 is 29.1. The van der Waals surface area contributed by atoms with E-state index in [0.717, 1.165) is 5.56 Å². The highest BCUT2D eigenvalue weighted by Crippen LogP contribution is 2.37. The van der Waals surface area contributed by atoms with Gasteiger partial charge in [0.1, 0.15) is 13.2 Å². The summed E-state index contributed by atoms with van der Waals surface area (Å²) >= 11 is 3.58. The van der Waals surface area contributed by atoms with Crippen LogP contribution >= 0.6 is 15.9 Å². The number of carbonyl (C=O) groups excluding carboxylic acids is 2. The zero-order valence-electron chi connectivity index (χ0n) is 26.9. The first-order valence-electron chi connectivity index (χ1n) is 15.0. The molecule has 1 heterocycles. The Morgan fingerprint density at radius 1 is 1.00 bits per heavy atom. The number of urea groups is 1. The first-order chi connectivity index (χ1) is 22.6. The second-order valence-corrected chi connectivity index (χ2v) is 11.3. The molecule has 12 nitrogen and oxygen atoms in total. The van der Waals surface area contributed by atoms with E-state index in [1.54, 1.807) is 37.4 Å². The standard InChI is InChI=1S/C34H39BrN4O8/c1-6-44-27-16-24(31-30(33(41)43-5)21(4)37-34(42)38-31)12-13-26(27)46-19-29(40)39-36-17-23-14-25(35)32(28(15-23)45-7-2)47-18-22-10-8-20(3)9-11-22/h8-17,29,31,39-40H,6-7,18-19H2,1-5H3,(H2,37,38,42)/b36-17-/t29-,31-/m0/s1. The Labute approximate surface area is 282 Å². The van der Waals surface area contributed by atoms with E-state index in [-0.39, 0.29) is 12.2 Å². The number of amides is 2. The average Bonchev–Trinajstić information content (AvgIpc) is 3.04. The first-order valence-corrected chi connectivity index (χ1v) is 15.8. The van der Waals surface area contributed by atoms with Crippen LogP contribution in [0.1, 0.15) is 49.1 Å². The Morgan fingerprint density at radius 3 is 2.43 bits per heavy atom. The number of hydrazone groups is 1. The number of nitrogens with zero attached hydrogens (tertiary/aromatic N) is 1. The van der Waals surface area contributed by atoms with Crippen molar-refractivity contribution in [2.75, 3.05) is 26.9 Å². The number of benzene rings is 3. The second kappa shape index (κ2) is 16.7. The summed E-state index contributed by atoms with van der Waals surface area (Å²) in [4.78, 5) is 24.7. The molecule has 13 heteroatoms. The molecule has 0 saturated carbocycles. The van der Waals surface area contributed by atoms with E-state index in [1.165, 1.54) is 12.7 Å². The second-order valence-electron chi connectivity index (χ2n) is 10.5. The molecular weight excluding hydrogens is 672 g/mol. The number of hydrogen-bond donors (Lipinski definition) is 4. The van der Waals surface area contributed by atoms with Crippen LogP contribution in [-0.4, -0.2) is 56.5 Å². The van der Waals surface area contributed by atoms with Gasteiger partial charge in [-0.25, -0.2) is 9.59 Å². The van der Waals surface area contributed by atoms with Gasteiger partial charge >= 0.3 is 12.0 Å². The Kier molecular flexibility index (Phi) is 12.5. The van der Waals surface area contributed by atoms with E-state index in [0.29, 0.717) is 64.1 Å². The molecule has 3 aromatic rings. The predicted octanol–water partition coefficient (Wildman–Crippen LogP) is 5.26. The van der Waals surface area contributed by atoms with Crippen molar-refractivity contribution in [2.45, 2.75) is 46.6 Å². The number of allylic oxidation sites excluding steroid dienone is 1. The van der Waals surface area contributed by atoms with Crippen LogP contribution in [0.25, 0.3) is 0 Å². The van der Waals surface area contributed by atoms with Gasteiger partial charge in [0, 0.05) is 5.70 Å². The summed E-state index contributed by atoms with van der Waals surface area (Å²) in [7, 11) is 1.28. The van der Waals surface area contributed by atoms with Gasteiger partial charge in [0.05, 0.1) is 42.6 Å². The lowest BCUT2D eigenvalue weighted by molar-refractivity contribution is -0.136. The highest BCUT2D eigenvalue weighted by atomic mass is 79.9. The van der Waals surface area contributed by atoms with Crippen LogP contribution < -0.4 is 35.0 Å². The van der Waals surface area contributed by atoms with Crippen LogP contribution in [0.2, 0.25) is 0 Å². The summed E-state index contributed by atoms with van der Waals surface area (Å²) in [6.07, 6.45) is 0.384. The Bertz CT molecular complexity index is 1630. The number of aliphatic hydroxyl groups is 1. The number of rotatable bonds is 15. The lowest BCUT2D eigenvalue weighted by Crippen LogP contribution is -2.45. The molecule has 47 heavy (non-hydrogen) atoms. The third-order valence-electron chi connectivity index (χ3n) is 6.94. The zero-order chi connectivity index (χ0) is 33.9. The fraction of sp³-hybridized carbons (Fsp3) is 0.324. The molecule has 0 spiro atoms. The molecule has 4 N–H and O–H groups in total. The third kappa shape index (κ3) is 9.39. The molecule has 4 rings (SSSR count). The summed E-state index contributed by atoms with van der Waals surface area (Å²) in [5.41, 5.74) is 6.82. The quantitative estimate of drug-likeness (QED) is 0.0718. The highest BCUT2D eigenvalue weighted by Gasteiger charge is 2.32. The molecule has 0 aliphatic carbocycles. The number of aliphatic hydroxyl groups excluding tert-OH is 1. The Balaban J connectivity index is 1.40. The van der Waals surface area contributed by atoms with E-state index in [1.807, 2.05) is 51.1 Å². The van der Waals surface area contributed by atoms with Gasteiger partial charge in [0.25, 0.3) is 0 Å². The number of aryl methyl sites for hydroxylation is 1. The Hall–Kier alpha value is -4.75. The van der Waals surface area contributed by atoms with Crippen LogP contribution in [0.5, 0.6) is 23.0 Å². The van der Waals surface area contributed by atoms with Gasteiger partial charge in [0.2, 0.25) is 0 Å². The lowest BCUT2D eigenvalue weighted by atomic mass is 9.95. The molecule has 0 aromatic heterocycles. The minimum absolute atomic E-state index is 0.160. The van der Waals surface area contributed by atoms with Gasteiger partial charge in [0.15, 0.2) is 29.2 Å². The molecule has 250 valence electrons. The van der Waals surface area contributed by atoms with Crippen molar-refractivity contribution in [3.05, 3.63) is 92.6 Å². The van der Waals surface area contributed by atoms with Crippen molar-refractivity contribution in [1.82, 2.24) is 16.1 Å². The average molecular weight is 712 g/mol. The molecule has 1 aliphatic heterocycles. The smallest absolute Gasteiger partial charge is 0.337 e. The number of nitrogens with one attached hydrogen (secondary N) is 3. The molecule has 0 fully saturated rings. The number of carbonyl (C=O) groups is 2. The van der Waals surface area contributed by atoms with Crippen LogP contribution in [0.3, 0.4) is 0 Å². The molecule has 2 atom stereocenters. The number of ether oxygens (including phenoxy) is 5. The number of methoxy groups -OCH3 is 1. The van der Waals surface area contributed by atoms with Crippen molar-refractivity contribution in [3.63, 3.8) is 0 Å². The normalized spacial score (nSPS) is 15.0. The van der Waals surface area contributed by atoms with E-state index >= 15 is 0 Å². The minimum Gasteiger partial charge on any atom is -0.490 e. The van der Waals surface area contributed by atoms with Gasteiger partial charge in [-0.15, -0.1) is 0 Å². The van der Waals surface area contributed by atoms with Crippen LogP contribution in [-0.2, 0) is 16.1 Å². The van der Waals surface area contributed by atoms with Crippen molar-refractivity contribution >= 4 is 34.1 Å². The molecule has 3 aromatic carbocycles. The maximum absolute atomic E-state index is 12.5. The number of esters is 1. The van der Waals surface area contributed by atoms with E-state index in [2.05, 4.69) is 37.1 Å². The fourth-order valence-electron chi connectivity index (χ4n) is 4.73. The SMILES string of the molecule is CCOc1cc([C@@H]2NC(=O)NC(C)=C2C(=O)OC)ccc1OC[C@H](O)N/N=C\c1cc(Br)c(OCc2ccc(C)cc2)c(OCC)c1. The molecule has 0 unspecified atom stereocenters. The van der Waals surface area contributed by atoms with Crippen molar-refractivity contribution in [1.29, 1.82) is 0 Å². The highest BCUT2D eigenvalue weighted by molar-refractivity contribution is 9.10. The van der Waals surface area contributed by atoms with Crippen LogP contribution in [0.15, 0.2) is 75.4 Å². The zero-order valence-corrected chi connectivity index (χ0v) is 28.5. The lowest BCUT2D eigenvalue weighted by Gasteiger charge is -2.28. The minimum atomic E-state index is -1.16. The summed E-state index contributed by atoms with van der Waals surface area (Å²) in [6, 6.07) is 15.6. The molecule has 1 aliphatic rings. The van der Waals surface area contributed by atoms with Crippen molar-refractivity contribution < 1.29 is 38.4 Å². The van der Waals surface area contributed by atoms with Gasteiger partial charge < -0.3 is 39.4 Å². The monoisotopic (exact) mass is 710 g/mol. The number of hydrogen-bond acceptors (Lipinski definition) is 10. The topological polar surface area (TPSA) is 149 Å². The molecule has 0 bridgehead atoms. The van der Waals surface area contributed by atoms with Crippen molar-refractivity contribution in [3.8, 4) is 23.0 Å². The fourth-order valence-corrected chi connectivity index (χ4v) is 5.30. The summed E-state index contributed by atoms with van der Waals surface area (Å²) in [5, 5.41) is 20.0. The molecule has 2 amide bonds. The van der Waals surface area contributed by atoms with Crippen molar-refractivity contribution in [2.24, 2.45) is 5.10 Å². The van der Waals surface area contributed by atoms with Gasteiger partial charge in [-0.1, -0.05) is 35.9 Å². The largest absolute Gasteiger partial charge is 0.490 e. The van der Waals surface area contributed by atoms with Gasteiger partial charge in [-0.2, -0.15) is 5.10 Å². The third-order valence-corrected chi connectivity index (χ3v) is 7.53. The van der Waals surface area contributed by atoms with Gasteiger partial charge in [-0.05, 0) is 84.6 Å². The maximum atomic E-state index is 12.5. The van der Waals surface area contributed by atoms with Crippen LogP contribution in [0, 0.1) is 6.92 Å². The van der Waals surface area contributed by atoms with Gasteiger partial charge in [-0.3, -0.25) is 5.43 Å². The molecular formula is C34H39BrN4O8. The predicted molar refractivity (Wildman–Crippen MR) is 180 cm³/mol. The van der Waals surface area contributed by atoms with E-state index in [4.69, 9.17) is 23.7 Å². The Morgan fingerprint density at radius 2 is 1.72 bits per heavy atom. The summed E-state index contributed by atoms with van der Waals surface area (Å²) in [6.45, 7) is 8.37. The van der Waals surface area contributed by atoms with E-state index < -0.39 is 24.3 Å². The van der Waals surface area contributed by atoms with E-state index in [9.17, 15) is 14.7 Å². The summed E-state index contributed by atoms with van der Waals surface area (Å²) in [5.74, 6) is 1.29. The first kappa shape index (κ1) is 35.1. The van der Waals surface area contributed by atoms with Crippen LogP contribution in [0.4, 0.5) is 4.79 Å². The molecule has 0 saturated heterocycles. The maximum Gasteiger partial charge on any atom is 0.337 e. The number of halogens is 1.